The van der Waals surface area contributed by atoms with Gasteiger partial charge in [-0.3, -0.25) is 0 Å². The molecule has 4 aromatic rings. The van der Waals surface area contributed by atoms with E-state index in [2.05, 4.69) is 25.9 Å². The number of phenols is 1. The molecule has 0 aliphatic heterocycles. The normalized spacial score (nSPS) is 11.8. The number of aromatic hydroxyl groups is 1. The van der Waals surface area contributed by atoms with Gasteiger partial charge in [-0.25, -0.2) is 22.4 Å². The lowest BCUT2D eigenvalue weighted by Gasteiger charge is -2.14. The van der Waals surface area contributed by atoms with Crippen molar-refractivity contribution >= 4 is 60.1 Å². The molecule has 10 heteroatoms. The Labute approximate surface area is 178 Å². The van der Waals surface area contributed by atoms with Gasteiger partial charge < -0.3 is 5.11 Å². The summed E-state index contributed by atoms with van der Waals surface area (Å²) >= 11 is 15.3. The van der Waals surface area contributed by atoms with Crippen LogP contribution < -0.4 is 0 Å². The summed E-state index contributed by atoms with van der Waals surface area (Å²) in [4.78, 5) is 7.60. The van der Waals surface area contributed by atoms with E-state index in [1.54, 1.807) is 24.3 Å². The molecule has 2 aromatic carbocycles. The zero-order valence-corrected chi connectivity index (χ0v) is 17.8. The van der Waals surface area contributed by atoms with Crippen molar-refractivity contribution in [2.45, 2.75) is 4.90 Å². The van der Waals surface area contributed by atoms with Gasteiger partial charge in [-0.05, 0) is 36.4 Å². The first-order valence-corrected chi connectivity index (χ1v) is 10.8. The van der Waals surface area contributed by atoms with Gasteiger partial charge in [0, 0.05) is 32.8 Å². The highest BCUT2D eigenvalue weighted by molar-refractivity contribution is 9.10. The second-order valence-electron chi connectivity index (χ2n) is 5.86. The van der Waals surface area contributed by atoms with E-state index in [0.29, 0.717) is 31.7 Å². The summed E-state index contributed by atoms with van der Waals surface area (Å²) in [5.74, 6) is -0.532. The van der Waals surface area contributed by atoms with E-state index >= 15 is 0 Å². The van der Waals surface area contributed by atoms with Crippen molar-refractivity contribution < 1.29 is 13.5 Å². The number of nitrogens with zero attached hydrogens (tertiary/aromatic N) is 3. The van der Waals surface area contributed by atoms with Crippen LogP contribution in [0.15, 0.2) is 64.5 Å². The predicted molar refractivity (Wildman–Crippen MR) is 111 cm³/mol. The molecule has 0 saturated heterocycles. The van der Waals surface area contributed by atoms with Gasteiger partial charge in [-0.15, -0.1) is 0 Å². The Morgan fingerprint density at radius 3 is 2.46 bits per heavy atom. The summed E-state index contributed by atoms with van der Waals surface area (Å²) in [6.07, 6.45) is 4.35. The Morgan fingerprint density at radius 1 is 1.04 bits per heavy atom. The van der Waals surface area contributed by atoms with E-state index in [-0.39, 0.29) is 9.92 Å². The van der Waals surface area contributed by atoms with Crippen molar-refractivity contribution in [3.05, 3.63) is 69.6 Å². The third kappa shape index (κ3) is 3.16. The Balaban J connectivity index is 2.11. The molecule has 0 bridgehead atoms. The topological polar surface area (TPSA) is 85.1 Å². The van der Waals surface area contributed by atoms with Gasteiger partial charge >= 0.3 is 0 Å². The molecule has 0 amide bonds. The van der Waals surface area contributed by atoms with E-state index in [1.807, 2.05) is 0 Å². The molecule has 6 nitrogen and oxygen atoms in total. The molecule has 0 saturated carbocycles. The minimum atomic E-state index is -4.24. The smallest absolute Gasteiger partial charge is 0.272 e. The lowest BCUT2D eigenvalue weighted by Crippen LogP contribution is -2.14. The Morgan fingerprint density at radius 2 is 1.75 bits per heavy atom. The maximum absolute atomic E-state index is 13.6. The number of fused-ring (bicyclic) bond motifs is 1. The van der Waals surface area contributed by atoms with Gasteiger partial charge in [-0.1, -0.05) is 39.1 Å². The van der Waals surface area contributed by atoms with Crippen LogP contribution in [0.5, 0.6) is 5.75 Å². The van der Waals surface area contributed by atoms with Crippen LogP contribution in [0.1, 0.15) is 0 Å². The van der Waals surface area contributed by atoms with Crippen molar-refractivity contribution in [3.63, 3.8) is 0 Å². The number of phenolic OH excluding ortho intramolecular Hbond substituents is 1. The quantitative estimate of drug-likeness (QED) is 0.424. The highest BCUT2D eigenvalue weighted by atomic mass is 79.9. The first kappa shape index (κ1) is 19.2. The number of benzene rings is 2. The summed E-state index contributed by atoms with van der Waals surface area (Å²) in [7, 11) is -4.24. The van der Waals surface area contributed by atoms with Crippen LogP contribution in [0.4, 0.5) is 0 Å². The zero-order chi connectivity index (χ0) is 20.1. The Bertz CT molecular complexity index is 1330. The zero-order valence-electron chi connectivity index (χ0n) is 13.8. The minimum absolute atomic E-state index is 0.0861. The Kier molecular flexibility index (Phi) is 4.83. The number of aromatic nitrogens is 3. The van der Waals surface area contributed by atoms with Crippen molar-refractivity contribution in [2.75, 3.05) is 0 Å². The van der Waals surface area contributed by atoms with E-state index < -0.39 is 15.8 Å². The van der Waals surface area contributed by atoms with Crippen LogP contribution in [-0.2, 0) is 10.0 Å². The number of halogens is 3. The molecule has 4 rings (SSSR count). The van der Waals surface area contributed by atoms with Gasteiger partial charge in [-0.2, -0.15) is 0 Å². The molecule has 0 aliphatic carbocycles. The summed E-state index contributed by atoms with van der Waals surface area (Å²) in [5, 5.41) is 11.3. The fraction of sp³-hybridized carbons (Fsp3) is 0. The molecule has 2 aromatic heterocycles. The average Bonchev–Trinajstić information content (AvgIpc) is 3.04. The fourth-order valence-corrected chi connectivity index (χ4v) is 5.76. The molecule has 2 heterocycles. The second-order valence-corrected chi connectivity index (χ2v) is 9.38. The van der Waals surface area contributed by atoms with Crippen LogP contribution in [0, 0.1) is 0 Å². The molecule has 0 atom stereocenters. The molecule has 1 N–H and O–H groups in total. The highest BCUT2D eigenvalue weighted by Crippen LogP contribution is 2.39. The number of hydrogen-bond donors (Lipinski definition) is 1. The van der Waals surface area contributed by atoms with E-state index in [9.17, 15) is 13.5 Å². The second kappa shape index (κ2) is 7.04. The molecule has 0 fully saturated rings. The van der Waals surface area contributed by atoms with Gasteiger partial charge in [0.05, 0.1) is 16.2 Å². The maximum Gasteiger partial charge on any atom is 0.272 e. The molecule has 0 spiro atoms. The van der Waals surface area contributed by atoms with E-state index in [0.717, 1.165) is 3.97 Å². The first-order valence-electron chi connectivity index (χ1n) is 7.79. The fourth-order valence-electron chi connectivity index (χ4n) is 2.89. The van der Waals surface area contributed by atoms with Crippen molar-refractivity contribution in [1.29, 1.82) is 0 Å². The lowest BCUT2D eigenvalue weighted by molar-refractivity contribution is 0.458. The van der Waals surface area contributed by atoms with Crippen LogP contribution >= 0.6 is 39.1 Å². The molecular formula is C18H10BrCl2N3O3S. The molecule has 0 radical (unpaired) electrons. The highest BCUT2D eigenvalue weighted by Gasteiger charge is 2.28. The maximum atomic E-state index is 13.6. The van der Waals surface area contributed by atoms with E-state index in [1.165, 1.54) is 30.9 Å². The summed E-state index contributed by atoms with van der Waals surface area (Å²) in [6.45, 7) is 0. The van der Waals surface area contributed by atoms with Gasteiger partial charge in [0.1, 0.15) is 11.2 Å². The molecule has 142 valence electrons. The molecule has 28 heavy (non-hydrogen) atoms. The predicted octanol–water partition coefficient (Wildman–Crippen LogP) is 5.11. The first-order chi connectivity index (χ1) is 13.3. The molecule has 0 aliphatic rings. The SMILES string of the molecule is O=S(=O)(c1cc(Br)cc(Cl)c1O)n1c(-c2cncnc2)cc2cc(Cl)ccc21. The third-order valence-corrected chi connectivity index (χ3v) is 6.81. The summed E-state index contributed by atoms with van der Waals surface area (Å²) < 4.78 is 28.7. The van der Waals surface area contributed by atoms with Crippen LogP contribution in [0.3, 0.4) is 0 Å². The standard InChI is InChI=1S/C18H10BrCl2N3O3S/c19-12-5-14(21)18(25)17(6-12)28(26,27)24-15-2-1-13(20)3-10(15)4-16(24)11-7-22-9-23-8-11/h1-9,25H. The Hall–Kier alpha value is -2.13. The van der Waals surface area contributed by atoms with Crippen LogP contribution in [0.2, 0.25) is 10.0 Å². The van der Waals surface area contributed by atoms with Gasteiger partial charge in [0.25, 0.3) is 10.0 Å². The van der Waals surface area contributed by atoms with Crippen LogP contribution in [0.25, 0.3) is 22.2 Å². The molecule has 0 unspecified atom stereocenters. The number of hydrogen-bond acceptors (Lipinski definition) is 5. The molecular weight excluding hydrogens is 489 g/mol. The van der Waals surface area contributed by atoms with Gasteiger partial charge in [0.2, 0.25) is 0 Å². The summed E-state index contributed by atoms with van der Waals surface area (Å²) in [5.41, 5.74) is 1.20. The van der Waals surface area contributed by atoms with Crippen molar-refractivity contribution in [1.82, 2.24) is 13.9 Å². The van der Waals surface area contributed by atoms with E-state index in [4.69, 9.17) is 23.2 Å². The van der Waals surface area contributed by atoms with Crippen molar-refractivity contribution in [3.8, 4) is 17.0 Å². The van der Waals surface area contributed by atoms with Gasteiger partial charge in [0.15, 0.2) is 5.75 Å². The largest absolute Gasteiger partial charge is 0.505 e. The third-order valence-electron chi connectivity index (χ3n) is 4.09. The average molecular weight is 499 g/mol. The number of rotatable bonds is 3. The lowest BCUT2D eigenvalue weighted by atomic mass is 10.2. The van der Waals surface area contributed by atoms with Crippen molar-refractivity contribution in [2.24, 2.45) is 0 Å². The summed E-state index contributed by atoms with van der Waals surface area (Å²) in [6, 6.07) is 9.23. The monoisotopic (exact) mass is 497 g/mol. The minimum Gasteiger partial charge on any atom is -0.505 e. The van der Waals surface area contributed by atoms with Crippen LogP contribution in [-0.4, -0.2) is 27.5 Å².